The molecule has 84 valence electrons. The van der Waals surface area contributed by atoms with Crippen molar-refractivity contribution in [1.29, 1.82) is 0 Å². The Bertz CT molecular complexity index is 426. The number of nitrogens with zero attached hydrogens (tertiary/aromatic N) is 1. The molecule has 0 aliphatic carbocycles. The van der Waals surface area contributed by atoms with E-state index in [-0.39, 0.29) is 11.5 Å². The molecule has 1 atom stereocenters. The van der Waals surface area contributed by atoms with E-state index in [0.717, 1.165) is 0 Å². The molecule has 0 aromatic carbocycles. The van der Waals surface area contributed by atoms with Gasteiger partial charge < -0.3 is 5.73 Å². The van der Waals surface area contributed by atoms with Gasteiger partial charge in [0, 0.05) is 11.6 Å². The third kappa shape index (κ3) is 3.49. The maximum Gasteiger partial charge on any atom is 0.221 e. The first-order valence-electron chi connectivity index (χ1n) is 4.09. The second kappa shape index (κ2) is 4.97. The van der Waals surface area contributed by atoms with E-state index >= 15 is 0 Å². The SMILES string of the molecule is CC(C(N)=S)S(=O)(=O)NCc1nccs1. The van der Waals surface area contributed by atoms with Crippen LogP contribution >= 0.6 is 23.6 Å². The van der Waals surface area contributed by atoms with Crippen LogP contribution in [0.15, 0.2) is 11.6 Å². The fraction of sp³-hybridized carbons (Fsp3) is 0.429. The van der Waals surface area contributed by atoms with Gasteiger partial charge in [-0.3, -0.25) is 0 Å². The Morgan fingerprint density at radius 2 is 2.47 bits per heavy atom. The first kappa shape index (κ1) is 12.5. The molecule has 1 heterocycles. The molecule has 0 saturated carbocycles. The molecular weight excluding hydrogens is 254 g/mol. The van der Waals surface area contributed by atoms with Crippen molar-refractivity contribution in [3.05, 3.63) is 16.6 Å². The summed E-state index contributed by atoms with van der Waals surface area (Å²) in [5, 5.41) is 1.61. The second-order valence-corrected chi connectivity index (χ2v) is 6.37. The molecular formula is C7H11N3O2S3. The molecule has 3 N–H and O–H groups in total. The van der Waals surface area contributed by atoms with Crippen LogP contribution in [-0.4, -0.2) is 23.6 Å². The van der Waals surface area contributed by atoms with Gasteiger partial charge in [-0.1, -0.05) is 12.2 Å². The van der Waals surface area contributed by atoms with E-state index in [0.29, 0.717) is 5.01 Å². The third-order valence-corrected chi connectivity index (χ3v) is 4.79. The van der Waals surface area contributed by atoms with Crippen molar-refractivity contribution in [3.8, 4) is 0 Å². The van der Waals surface area contributed by atoms with Gasteiger partial charge in [-0.25, -0.2) is 18.1 Å². The number of nitrogens with two attached hydrogens (primary N) is 1. The van der Waals surface area contributed by atoms with Crippen LogP contribution in [0.2, 0.25) is 0 Å². The molecule has 15 heavy (non-hydrogen) atoms. The monoisotopic (exact) mass is 265 g/mol. The van der Waals surface area contributed by atoms with Crippen LogP contribution < -0.4 is 10.5 Å². The largest absolute Gasteiger partial charge is 0.392 e. The Kier molecular flexibility index (Phi) is 4.14. The van der Waals surface area contributed by atoms with Crippen LogP contribution in [0.3, 0.4) is 0 Å². The second-order valence-electron chi connectivity index (χ2n) is 2.84. The van der Waals surface area contributed by atoms with E-state index in [1.165, 1.54) is 18.3 Å². The number of thiazole rings is 1. The third-order valence-electron chi connectivity index (χ3n) is 1.77. The number of hydrogen-bond donors (Lipinski definition) is 2. The van der Waals surface area contributed by atoms with Crippen LogP contribution in [0.1, 0.15) is 11.9 Å². The molecule has 1 unspecified atom stereocenters. The van der Waals surface area contributed by atoms with Gasteiger partial charge in [-0.15, -0.1) is 11.3 Å². The number of sulfonamides is 1. The van der Waals surface area contributed by atoms with E-state index < -0.39 is 15.3 Å². The van der Waals surface area contributed by atoms with Crippen LogP contribution in [0, 0.1) is 0 Å². The predicted molar refractivity (Wildman–Crippen MR) is 64.1 cm³/mol. The van der Waals surface area contributed by atoms with Crippen LogP contribution in [0.5, 0.6) is 0 Å². The van der Waals surface area contributed by atoms with Crippen LogP contribution in [0.25, 0.3) is 0 Å². The zero-order valence-electron chi connectivity index (χ0n) is 8.00. The lowest BCUT2D eigenvalue weighted by Crippen LogP contribution is -2.39. The van der Waals surface area contributed by atoms with Crippen molar-refractivity contribution in [1.82, 2.24) is 9.71 Å². The normalized spacial score (nSPS) is 13.7. The lowest BCUT2D eigenvalue weighted by atomic mass is 10.5. The van der Waals surface area contributed by atoms with Gasteiger partial charge in [0.05, 0.1) is 11.5 Å². The molecule has 0 radical (unpaired) electrons. The van der Waals surface area contributed by atoms with Gasteiger partial charge >= 0.3 is 0 Å². The molecule has 0 amide bonds. The summed E-state index contributed by atoms with van der Waals surface area (Å²) >= 11 is 6.01. The molecule has 1 rings (SSSR count). The maximum absolute atomic E-state index is 11.6. The highest BCUT2D eigenvalue weighted by molar-refractivity contribution is 7.93. The lowest BCUT2D eigenvalue weighted by Gasteiger charge is -2.11. The zero-order valence-corrected chi connectivity index (χ0v) is 10.5. The van der Waals surface area contributed by atoms with Crippen molar-refractivity contribution >= 4 is 38.6 Å². The molecule has 1 aromatic rings. The molecule has 5 nitrogen and oxygen atoms in total. The van der Waals surface area contributed by atoms with E-state index in [4.69, 9.17) is 5.73 Å². The number of rotatable bonds is 5. The van der Waals surface area contributed by atoms with E-state index in [1.54, 1.807) is 11.6 Å². The molecule has 0 aliphatic heterocycles. The van der Waals surface area contributed by atoms with Crippen molar-refractivity contribution in [3.63, 3.8) is 0 Å². The Morgan fingerprint density at radius 3 is 2.93 bits per heavy atom. The lowest BCUT2D eigenvalue weighted by molar-refractivity contribution is 0.578. The van der Waals surface area contributed by atoms with Crippen LogP contribution in [0.4, 0.5) is 0 Å². The first-order valence-corrected chi connectivity index (χ1v) is 6.93. The average Bonchev–Trinajstić information content (AvgIpc) is 2.66. The van der Waals surface area contributed by atoms with Crippen molar-refractivity contribution < 1.29 is 8.42 Å². The standard InChI is InChI=1S/C7H11N3O2S3/c1-5(7(8)13)15(11,12)10-4-6-9-2-3-14-6/h2-3,5,10H,4H2,1H3,(H2,8,13). The number of thiocarbonyl (C=S) groups is 1. The minimum Gasteiger partial charge on any atom is -0.392 e. The van der Waals surface area contributed by atoms with Crippen molar-refractivity contribution in [2.45, 2.75) is 18.7 Å². The van der Waals surface area contributed by atoms with Gasteiger partial charge in [0.2, 0.25) is 10.0 Å². The molecule has 0 bridgehead atoms. The Balaban J connectivity index is 2.62. The summed E-state index contributed by atoms with van der Waals surface area (Å²) in [6.45, 7) is 1.62. The zero-order chi connectivity index (χ0) is 11.5. The highest BCUT2D eigenvalue weighted by Crippen LogP contribution is 2.05. The van der Waals surface area contributed by atoms with Gasteiger partial charge in [-0.2, -0.15) is 0 Å². The quantitative estimate of drug-likeness (QED) is 0.745. The Hall–Kier alpha value is -0.570. The molecule has 0 aliphatic rings. The number of aromatic nitrogens is 1. The summed E-state index contributed by atoms with van der Waals surface area (Å²) in [7, 11) is -3.49. The molecule has 8 heteroatoms. The van der Waals surface area contributed by atoms with Crippen molar-refractivity contribution in [2.24, 2.45) is 5.73 Å². The Morgan fingerprint density at radius 1 is 1.80 bits per heavy atom. The maximum atomic E-state index is 11.6. The van der Waals surface area contributed by atoms with E-state index in [1.807, 2.05) is 0 Å². The summed E-state index contributed by atoms with van der Waals surface area (Å²) in [5.41, 5.74) is 5.27. The molecule has 0 saturated heterocycles. The minimum atomic E-state index is -3.49. The predicted octanol–water partition coefficient (Wildman–Crippen LogP) is 0.237. The highest BCUT2D eigenvalue weighted by Gasteiger charge is 2.22. The minimum absolute atomic E-state index is 0.0401. The number of hydrogen-bond acceptors (Lipinski definition) is 5. The molecule has 0 fully saturated rings. The molecule has 0 spiro atoms. The van der Waals surface area contributed by atoms with Gasteiger partial charge in [0.25, 0.3) is 0 Å². The molecule has 1 aromatic heterocycles. The summed E-state index contributed by atoms with van der Waals surface area (Å²) in [6.07, 6.45) is 1.62. The average molecular weight is 265 g/mol. The smallest absolute Gasteiger partial charge is 0.221 e. The van der Waals surface area contributed by atoms with Crippen molar-refractivity contribution in [2.75, 3.05) is 0 Å². The highest BCUT2D eigenvalue weighted by atomic mass is 32.2. The number of nitrogens with one attached hydrogen (secondary N) is 1. The van der Waals surface area contributed by atoms with Crippen LogP contribution in [-0.2, 0) is 16.6 Å². The summed E-state index contributed by atoms with van der Waals surface area (Å²) < 4.78 is 25.5. The topological polar surface area (TPSA) is 85.1 Å². The summed E-state index contributed by atoms with van der Waals surface area (Å²) in [6, 6.07) is 0. The first-order chi connectivity index (χ1) is 6.93. The van der Waals surface area contributed by atoms with E-state index in [2.05, 4.69) is 21.9 Å². The summed E-state index contributed by atoms with van der Waals surface area (Å²) in [5.74, 6) is 0. The van der Waals surface area contributed by atoms with Gasteiger partial charge in [0.1, 0.15) is 10.3 Å². The van der Waals surface area contributed by atoms with E-state index in [9.17, 15) is 8.42 Å². The fourth-order valence-electron chi connectivity index (χ4n) is 0.781. The van der Waals surface area contributed by atoms with Gasteiger partial charge in [-0.05, 0) is 6.92 Å². The Labute approximate surface area is 97.8 Å². The summed E-state index contributed by atoms with van der Waals surface area (Å²) in [4.78, 5) is 3.91. The van der Waals surface area contributed by atoms with Gasteiger partial charge in [0.15, 0.2) is 0 Å². The fourth-order valence-corrected chi connectivity index (χ4v) is 2.70.